The van der Waals surface area contributed by atoms with Gasteiger partial charge in [-0.3, -0.25) is 5.10 Å². The summed E-state index contributed by atoms with van der Waals surface area (Å²) in [6.07, 6.45) is 7.12. The van der Waals surface area contributed by atoms with E-state index in [0.29, 0.717) is 28.3 Å². The van der Waals surface area contributed by atoms with Crippen LogP contribution in [0.15, 0.2) is 90.7 Å². The molecule has 0 amide bonds. The highest BCUT2D eigenvalue weighted by molar-refractivity contribution is 5.99. The van der Waals surface area contributed by atoms with Crippen molar-refractivity contribution in [3.63, 3.8) is 0 Å². The van der Waals surface area contributed by atoms with Crippen molar-refractivity contribution < 1.29 is 14.2 Å². The summed E-state index contributed by atoms with van der Waals surface area (Å²) < 4.78 is 19.6. The summed E-state index contributed by atoms with van der Waals surface area (Å²) in [6.45, 7) is 0. The Morgan fingerprint density at radius 1 is 1.03 bits per heavy atom. The van der Waals surface area contributed by atoms with Crippen molar-refractivity contribution in [3.8, 4) is 17.0 Å². The molecule has 160 valence electrons. The molecule has 1 aliphatic carbocycles. The summed E-state index contributed by atoms with van der Waals surface area (Å²) in [6, 6.07) is 19.3. The number of ether oxygens (including phenoxy) is 1. The van der Waals surface area contributed by atoms with Crippen LogP contribution in [0, 0.1) is 5.82 Å². The number of para-hydroxylation sites is 1. The second kappa shape index (κ2) is 8.69. The molecule has 4 aromatic rings. The molecule has 3 N–H and O–H groups in total. The van der Waals surface area contributed by atoms with Gasteiger partial charge in [0.15, 0.2) is 6.23 Å². The van der Waals surface area contributed by atoms with Gasteiger partial charge in [0.05, 0.1) is 11.2 Å². The molecule has 0 spiro atoms. The highest BCUT2D eigenvalue weighted by Crippen LogP contribution is 2.32. The fraction of sp³-hybridized carbons (Fsp3) is 0.115. The molecule has 1 aliphatic rings. The fourth-order valence-corrected chi connectivity index (χ4v) is 3.80. The second-order valence-corrected chi connectivity index (χ2v) is 7.62. The van der Waals surface area contributed by atoms with Gasteiger partial charge in [0.1, 0.15) is 23.0 Å². The molecule has 1 unspecified atom stereocenters. The first-order valence-electron chi connectivity index (χ1n) is 10.5. The molecule has 0 bridgehead atoms. The zero-order valence-corrected chi connectivity index (χ0v) is 17.3. The smallest absolute Gasteiger partial charge is 0.151 e. The lowest BCUT2D eigenvalue weighted by Crippen LogP contribution is -2.10. The SMILES string of the molecule is OC(Nc1cccc2c(-c3cccc(F)c3)n[nH]c12)c1cccc(OC2=CCCC=C2)c1. The van der Waals surface area contributed by atoms with Crippen molar-refractivity contribution in [3.05, 3.63) is 102 Å². The van der Waals surface area contributed by atoms with Crippen LogP contribution in [0.2, 0.25) is 0 Å². The van der Waals surface area contributed by atoms with Crippen LogP contribution in [-0.2, 0) is 0 Å². The molecular weight excluding hydrogens is 405 g/mol. The molecule has 0 aliphatic heterocycles. The number of H-pyrrole nitrogens is 1. The van der Waals surface area contributed by atoms with E-state index in [1.165, 1.54) is 12.1 Å². The summed E-state index contributed by atoms with van der Waals surface area (Å²) in [4.78, 5) is 0. The number of hydrogen-bond donors (Lipinski definition) is 3. The molecule has 32 heavy (non-hydrogen) atoms. The predicted molar refractivity (Wildman–Crippen MR) is 124 cm³/mol. The van der Waals surface area contributed by atoms with Crippen LogP contribution in [0.3, 0.4) is 0 Å². The Balaban J connectivity index is 1.39. The van der Waals surface area contributed by atoms with Crippen molar-refractivity contribution >= 4 is 16.6 Å². The quantitative estimate of drug-likeness (QED) is 0.326. The maximum absolute atomic E-state index is 13.7. The van der Waals surface area contributed by atoms with Gasteiger partial charge in [0.25, 0.3) is 0 Å². The van der Waals surface area contributed by atoms with E-state index in [-0.39, 0.29) is 5.82 Å². The van der Waals surface area contributed by atoms with Crippen molar-refractivity contribution in [1.82, 2.24) is 10.2 Å². The maximum Gasteiger partial charge on any atom is 0.151 e. The van der Waals surface area contributed by atoms with Gasteiger partial charge in [0, 0.05) is 16.5 Å². The number of aromatic amines is 1. The Morgan fingerprint density at radius 2 is 1.91 bits per heavy atom. The second-order valence-electron chi connectivity index (χ2n) is 7.62. The molecule has 0 saturated carbocycles. The zero-order valence-electron chi connectivity index (χ0n) is 17.3. The van der Waals surface area contributed by atoms with Gasteiger partial charge in [-0.1, -0.05) is 42.5 Å². The van der Waals surface area contributed by atoms with Crippen molar-refractivity contribution in [2.24, 2.45) is 0 Å². The number of rotatable bonds is 6. The number of anilines is 1. The number of aliphatic hydroxyl groups is 1. The summed E-state index contributed by atoms with van der Waals surface area (Å²) in [7, 11) is 0. The van der Waals surface area contributed by atoms with Gasteiger partial charge in [-0.15, -0.1) is 0 Å². The van der Waals surface area contributed by atoms with Crippen LogP contribution < -0.4 is 10.1 Å². The standard InChI is InChI=1S/C26H22FN3O2/c27-19-9-4-7-17(15-19)24-22-13-6-14-23(25(22)30-29-24)28-26(31)18-8-5-12-21(16-18)32-20-10-2-1-3-11-20/h2,4-16,26,28,31H,1,3H2,(H,29,30). The first-order chi connectivity index (χ1) is 15.7. The fourth-order valence-electron chi connectivity index (χ4n) is 3.80. The largest absolute Gasteiger partial charge is 0.458 e. The minimum atomic E-state index is -0.957. The third kappa shape index (κ3) is 4.13. The molecule has 1 heterocycles. The number of fused-ring (bicyclic) bond motifs is 1. The van der Waals surface area contributed by atoms with Crippen molar-refractivity contribution in [2.75, 3.05) is 5.32 Å². The first-order valence-corrected chi connectivity index (χ1v) is 10.5. The number of halogens is 1. The Labute approximate surface area is 184 Å². The molecule has 0 radical (unpaired) electrons. The van der Waals surface area contributed by atoms with E-state index in [9.17, 15) is 9.50 Å². The normalized spacial score (nSPS) is 14.2. The monoisotopic (exact) mass is 427 g/mol. The summed E-state index contributed by atoms with van der Waals surface area (Å²) >= 11 is 0. The highest BCUT2D eigenvalue weighted by Gasteiger charge is 2.15. The molecular formula is C26H22FN3O2. The Kier molecular flexibility index (Phi) is 5.44. The molecule has 0 fully saturated rings. The Bertz CT molecular complexity index is 1330. The lowest BCUT2D eigenvalue weighted by Gasteiger charge is -2.17. The number of allylic oxidation sites excluding steroid dienone is 3. The van der Waals surface area contributed by atoms with E-state index in [0.717, 1.165) is 29.5 Å². The first kappa shape index (κ1) is 20.0. The number of nitrogens with one attached hydrogen (secondary N) is 2. The Hall–Kier alpha value is -3.90. The predicted octanol–water partition coefficient (Wildman–Crippen LogP) is 6.08. The Morgan fingerprint density at radius 3 is 2.75 bits per heavy atom. The lowest BCUT2D eigenvalue weighted by atomic mass is 10.1. The van der Waals surface area contributed by atoms with Crippen LogP contribution in [0.5, 0.6) is 5.75 Å². The number of benzene rings is 3. The van der Waals surface area contributed by atoms with Gasteiger partial charge in [-0.25, -0.2) is 4.39 Å². The average molecular weight is 427 g/mol. The number of aromatic nitrogens is 2. The van der Waals surface area contributed by atoms with Crippen LogP contribution >= 0.6 is 0 Å². The van der Waals surface area contributed by atoms with Gasteiger partial charge < -0.3 is 15.2 Å². The highest BCUT2D eigenvalue weighted by atomic mass is 19.1. The van der Waals surface area contributed by atoms with Crippen LogP contribution in [0.25, 0.3) is 22.2 Å². The average Bonchev–Trinajstić information content (AvgIpc) is 3.25. The minimum absolute atomic E-state index is 0.315. The lowest BCUT2D eigenvalue weighted by molar-refractivity contribution is 0.208. The van der Waals surface area contributed by atoms with E-state index < -0.39 is 6.23 Å². The summed E-state index contributed by atoms with van der Waals surface area (Å²) in [5.74, 6) is 1.15. The third-order valence-electron chi connectivity index (χ3n) is 5.36. The van der Waals surface area contributed by atoms with Gasteiger partial charge >= 0.3 is 0 Å². The maximum atomic E-state index is 13.7. The number of aliphatic hydroxyl groups excluding tert-OH is 1. The molecule has 1 atom stereocenters. The van der Waals surface area contributed by atoms with Crippen LogP contribution in [0.4, 0.5) is 10.1 Å². The zero-order chi connectivity index (χ0) is 21.9. The molecule has 3 aromatic carbocycles. The van der Waals surface area contributed by atoms with E-state index in [1.807, 2.05) is 54.6 Å². The van der Waals surface area contributed by atoms with Gasteiger partial charge in [-0.2, -0.15) is 5.10 Å². The van der Waals surface area contributed by atoms with E-state index >= 15 is 0 Å². The van der Waals surface area contributed by atoms with Gasteiger partial charge in [0.2, 0.25) is 0 Å². The molecule has 1 aromatic heterocycles. The molecule has 5 rings (SSSR count). The molecule has 5 nitrogen and oxygen atoms in total. The third-order valence-corrected chi connectivity index (χ3v) is 5.36. The van der Waals surface area contributed by atoms with E-state index in [1.54, 1.807) is 6.07 Å². The molecule has 0 saturated heterocycles. The topological polar surface area (TPSA) is 70.2 Å². The van der Waals surface area contributed by atoms with Crippen molar-refractivity contribution in [1.29, 1.82) is 0 Å². The van der Waals surface area contributed by atoms with E-state index in [2.05, 4.69) is 27.7 Å². The number of nitrogens with zero attached hydrogens (tertiary/aromatic N) is 1. The summed E-state index contributed by atoms with van der Waals surface area (Å²) in [5.41, 5.74) is 3.43. The number of hydrogen-bond acceptors (Lipinski definition) is 4. The van der Waals surface area contributed by atoms with Crippen LogP contribution in [0.1, 0.15) is 24.6 Å². The van der Waals surface area contributed by atoms with Crippen LogP contribution in [-0.4, -0.2) is 15.3 Å². The molecule has 6 heteroatoms. The van der Waals surface area contributed by atoms with Crippen molar-refractivity contribution in [2.45, 2.75) is 19.1 Å². The summed E-state index contributed by atoms with van der Waals surface area (Å²) in [5, 5.41) is 22.2. The van der Waals surface area contributed by atoms with E-state index in [4.69, 9.17) is 4.74 Å². The minimum Gasteiger partial charge on any atom is -0.458 e. The van der Waals surface area contributed by atoms with Gasteiger partial charge in [-0.05, 0) is 55.3 Å².